The van der Waals surface area contributed by atoms with Crippen molar-refractivity contribution in [3.8, 4) is 16.9 Å². The van der Waals surface area contributed by atoms with Crippen molar-refractivity contribution in [2.24, 2.45) is 5.10 Å². The molecule has 1 aliphatic heterocycles. The number of aliphatic hydroxyl groups is 2. The lowest BCUT2D eigenvalue weighted by atomic mass is 10.0. The average molecular weight is 368 g/mol. The van der Waals surface area contributed by atoms with Crippen molar-refractivity contribution in [1.29, 1.82) is 0 Å². The molecule has 0 atom stereocenters. The molecule has 2 heterocycles. The number of benzene rings is 2. The summed E-state index contributed by atoms with van der Waals surface area (Å²) in [6, 6.07) is 10.8. The van der Waals surface area contributed by atoms with Crippen LogP contribution in [-0.4, -0.2) is 31.0 Å². The highest BCUT2D eigenvalue weighted by atomic mass is 19.1. The van der Waals surface area contributed by atoms with Gasteiger partial charge in [0.05, 0.1) is 0 Å². The minimum atomic E-state index is -1.61. The van der Waals surface area contributed by atoms with E-state index in [4.69, 9.17) is 4.74 Å². The molecule has 0 fully saturated rings. The fourth-order valence-electron chi connectivity index (χ4n) is 2.95. The van der Waals surface area contributed by atoms with Gasteiger partial charge in [-0.1, -0.05) is 18.2 Å². The number of halogens is 1. The lowest BCUT2D eigenvalue weighted by molar-refractivity contribution is -0.0424. The lowest BCUT2D eigenvalue weighted by Gasteiger charge is -2.17. The molecule has 1 aromatic heterocycles. The van der Waals surface area contributed by atoms with Crippen LogP contribution in [0.15, 0.2) is 47.6 Å². The Bertz CT molecular complexity index is 1030. The van der Waals surface area contributed by atoms with Crippen LogP contribution in [0, 0.1) is 12.7 Å². The molecule has 0 unspecified atom stereocenters. The molecule has 3 aromatic rings. The Hall–Kier alpha value is -3.10. The Balaban J connectivity index is 1.72. The quantitative estimate of drug-likeness (QED) is 0.693. The first-order valence-electron chi connectivity index (χ1n) is 8.44. The second-order valence-electron chi connectivity index (χ2n) is 6.21. The van der Waals surface area contributed by atoms with Crippen molar-refractivity contribution in [2.45, 2.75) is 26.1 Å². The van der Waals surface area contributed by atoms with Gasteiger partial charge in [-0.25, -0.2) is 4.39 Å². The third kappa shape index (κ3) is 3.44. The topological polar surface area (TPSA) is 92.8 Å². The monoisotopic (exact) mass is 368 g/mol. The predicted octanol–water partition coefficient (Wildman–Crippen LogP) is 2.56. The summed E-state index contributed by atoms with van der Waals surface area (Å²) in [5.41, 5.74) is 1.40. The number of ether oxygens (including phenoxy) is 1. The number of aromatic nitrogens is 3. The molecule has 0 amide bonds. The molecule has 1 aliphatic rings. The number of hydrogen-bond donors (Lipinski definition) is 2. The Morgan fingerprint density at radius 2 is 1.96 bits per heavy atom. The summed E-state index contributed by atoms with van der Waals surface area (Å²) in [6.45, 7) is 1.80. The Kier molecular flexibility index (Phi) is 4.43. The minimum Gasteiger partial charge on any atom is -0.441 e. The molecule has 2 N–H and O–H groups in total. The molecule has 8 heteroatoms. The summed E-state index contributed by atoms with van der Waals surface area (Å²) in [5, 5.41) is 31.3. The third-order valence-corrected chi connectivity index (χ3v) is 4.30. The van der Waals surface area contributed by atoms with E-state index in [9.17, 15) is 14.6 Å². The summed E-state index contributed by atoms with van der Waals surface area (Å²) in [6.07, 6.45) is -0.423. The van der Waals surface area contributed by atoms with Gasteiger partial charge in [-0.15, -0.1) is 15.3 Å². The number of hydrogen-bond acceptors (Lipinski definition) is 6. The molecule has 2 aromatic carbocycles. The molecule has 0 aliphatic carbocycles. The van der Waals surface area contributed by atoms with Crippen LogP contribution < -0.4 is 4.74 Å². The summed E-state index contributed by atoms with van der Waals surface area (Å²) in [5.74, 6) is 1.90. The first-order valence-corrected chi connectivity index (χ1v) is 8.44. The van der Waals surface area contributed by atoms with Gasteiger partial charge in [-0.2, -0.15) is 4.68 Å². The van der Waals surface area contributed by atoms with E-state index in [1.165, 1.54) is 18.2 Å². The van der Waals surface area contributed by atoms with Gasteiger partial charge < -0.3 is 14.9 Å². The van der Waals surface area contributed by atoms with Crippen LogP contribution in [0.4, 0.5) is 4.39 Å². The van der Waals surface area contributed by atoms with E-state index >= 15 is 0 Å². The Morgan fingerprint density at radius 3 is 2.78 bits per heavy atom. The van der Waals surface area contributed by atoms with Crippen molar-refractivity contribution in [2.75, 3.05) is 0 Å². The van der Waals surface area contributed by atoms with Gasteiger partial charge in [-0.3, -0.25) is 0 Å². The van der Waals surface area contributed by atoms with E-state index in [-0.39, 0.29) is 0 Å². The minimum absolute atomic E-state index is 0.308. The number of aliphatic hydroxyl groups excluding tert-OH is 1. The summed E-state index contributed by atoms with van der Waals surface area (Å²) in [7, 11) is 0. The number of rotatable bonds is 3. The summed E-state index contributed by atoms with van der Waals surface area (Å²) >= 11 is 0. The molecule has 0 radical (unpaired) electrons. The highest BCUT2D eigenvalue weighted by Crippen LogP contribution is 2.33. The maximum Gasteiger partial charge on any atom is 0.213 e. The maximum atomic E-state index is 13.9. The zero-order valence-corrected chi connectivity index (χ0v) is 14.5. The van der Waals surface area contributed by atoms with Crippen LogP contribution in [0.3, 0.4) is 0 Å². The first-order chi connectivity index (χ1) is 13.0. The van der Waals surface area contributed by atoms with Gasteiger partial charge >= 0.3 is 0 Å². The standard InChI is InChI=1S/C19H17FN4O3/c1-11-21-22-17-7-8-18(23-24(11)17)27-16-6-5-14(20)10-15(16)12-3-2-4-13(9-12)19(25)26/h2-6,9-10,19,25-26H,7-8H2,1H3. The Morgan fingerprint density at radius 1 is 1.11 bits per heavy atom. The van der Waals surface area contributed by atoms with Crippen LogP contribution in [0.5, 0.6) is 5.75 Å². The number of fused-ring (bicyclic) bond motifs is 1. The number of aryl methyl sites for hydroxylation is 2. The van der Waals surface area contributed by atoms with Crippen molar-refractivity contribution in [1.82, 2.24) is 14.9 Å². The molecule has 0 bridgehead atoms. The van der Waals surface area contributed by atoms with Crippen LogP contribution >= 0.6 is 0 Å². The van der Waals surface area contributed by atoms with E-state index in [1.54, 1.807) is 35.9 Å². The van der Waals surface area contributed by atoms with E-state index < -0.39 is 12.1 Å². The first kappa shape index (κ1) is 17.3. The molecular formula is C19H17FN4O3. The van der Waals surface area contributed by atoms with Crippen LogP contribution in [0.2, 0.25) is 0 Å². The SMILES string of the molecule is Cc1nnc2n1N=C(Oc1ccc(F)cc1-c1cccc(C(O)O)c1)CC2. The predicted molar refractivity (Wildman–Crippen MR) is 95.6 cm³/mol. The summed E-state index contributed by atoms with van der Waals surface area (Å²) in [4.78, 5) is 0. The fourth-order valence-corrected chi connectivity index (χ4v) is 2.95. The van der Waals surface area contributed by atoms with E-state index in [2.05, 4.69) is 15.3 Å². The van der Waals surface area contributed by atoms with Crippen LogP contribution in [-0.2, 0) is 6.42 Å². The van der Waals surface area contributed by atoms with Crippen LogP contribution in [0.1, 0.15) is 29.9 Å². The second kappa shape index (κ2) is 6.90. The van der Waals surface area contributed by atoms with Gasteiger partial charge in [0, 0.05) is 24.0 Å². The zero-order chi connectivity index (χ0) is 19.0. The average Bonchev–Trinajstić information content (AvgIpc) is 3.04. The van der Waals surface area contributed by atoms with E-state index in [1.807, 2.05) is 0 Å². The molecule has 138 valence electrons. The smallest absolute Gasteiger partial charge is 0.213 e. The normalized spacial score (nSPS) is 13.4. The second-order valence-corrected chi connectivity index (χ2v) is 6.21. The van der Waals surface area contributed by atoms with Crippen molar-refractivity contribution < 1.29 is 19.3 Å². The fraction of sp³-hybridized carbons (Fsp3) is 0.211. The zero-order valence-electron chi connectivity index (χ0n) is 14.5. The molecule has 0 saturated heterocycles. The molecule has 7 nitrogen and oxygen atoms in total. The van der Waals surface area contributed by atoms with Crippen molar-refractivity contribution in [3.05, 3.63) is 65.5 Å². The van der Waals surface area contributed by atoms with Gasteiger partial charge in [0.1, 0.15) is 11.6 Å². The van der Waals surface area contributed by atoms with Gasteiger partial charge in [0.15, 0.2) is 17.9 Å². The van der Waals surface area contributed by atoms with Crippen LogP contribution in [0.25, 0.3) is 11.1 Å². The largest absolute Gasteiger partial charge is 0.441 e. The van der Waals surface area contributed by atoms with Crippen molar-refractivity contribution in [3.63, 3.8) is 0 Å². The lowest BCUT2D eigenvalue weighted by Crippen LogP contribution is -2.19. The van der Waals surface area contributed by atoms with E-state index in [0.717, 1.165) is 5.82 Å². The summed E-state index contributed by atoms with van der Waals surface area (Å²) < 4.78 is 21.5. The van der Waals surface area contributed by atoms with Gasteiger partial charge in [-0.05, 0) is 36.8 Å². The maximum absolute atomic E-state index is 13.9. The molecule has 0 spiro atoms. The third-order valence-electron chi connectivity index (χ3n) is 4.30. The molecule has 4 rings (SSSR count). The van der Waals surface area contributed by atoms with Gasteiger partial charge in [0.2, 0.25) is 5.90 Å². The molecular weight excluding hydrogens is 351 g/mol. The molecule has 27 heavy (non-hydrogen) atoms. The Labute approximate surface area is 154 Å². The van der Waals surface area contributed by atoms with Gasteiger partial charge in [0.25, 0.3) is 0 Å². The van der Waals surface area contributed by atoms with Crippen molar-refractivity contribution >= 4 is 5.90 Å². The van der Waals surface area contributed by atoms with E-state index in [0.29, 0.717) is 47.0 Å². The molecule has 0 saturated carbocycles. The highest BCUT2D eigenvalue weighted by Gasteiger charge is 2.19. The highest BCUT2D eigenvalue weighted by molar-refractivity contribution is 5.82. The number of nitrogens with zero attached hydrogens (tertiary/aromatic N) is 4.